The molecule has 4 aromatic rings. The van der Waals surface area contributed by atoms with Gasteiger partial charge in [-0.3, -0.25) is 14.2 Å². The lowest BCUT2D eigenvalue weighted by Gasteiger charge is -2.14. The third-order valence-electron chi connectivity index (χ3n) is 5.83. The Bertz CT molecular complexity index is 1350. The molecule has 0 amide bonds. The standard InChI is InChI=1S/C25H23ClN6O/c1-16-25-30-29-17(2)32(25)23-10-7-19(20-14-27-31(15-20)11-3-4-12-33)13-22(23)24(28-16)18-5-8-21(26)9-6-18/h5-10,12-16H,3-4,11H2,1-2H3/t16-/m0/s1. The van der Waals surface area contributed by atoms with Crippen molar-refractivity contribution in [2.75, 3.05) is 0 Å². The van der Waals surface area contributed by atoms with Crippen molar-refractivity contribution in [3.05, 3.63) is 82.7 Å². The van der Waals surface area contributed by atoms with Gasteiger partial charge in [0.15, 0.2) is 5.82 Å². The predicted octanol–water partition coefficient (Wildman–Crippen LogP) is 4.98. The normalized spacial score (nSPS) is 14.9. The van der Waals surface area contributed by atoms with Gasteiger partial charge >= 0.3 is 0 Å². The molecule has 3 heterocycles. The number of aryl methyl sites for hydroxylation is 2. The van der Waals surface area contributed by atoms with Gasteiger partial charge in [0.2, 0.25) is 0 Å². The van der Waals surface area contributed by atoms with Gasteiger partial charge in [-0.05, 0) is 50.1 Å². The van der Waals surface area contributed by atoms with Gasteiger partial charge < -0.3 is 4.79 Å². The van der Waals surface area contributed by atoms with Gasteiger partial charge in [0, 0.05) is 40.9 Å². The second-order valence-electron chi connectivity index (χ2n) is 8.13. The highest BCUT2D eigenvalue weighted by atomic mass is 35.5. The van der Waals surface area contributed by atoms with Gasteiger partial charge in [0.25, 0.3) is 0 Å². The van der Waals surface area contributed by atoms with Gasteiger partial charge in [0.05, 0.1) is 17.6 Å². The zero-order valence-corrected chi connectivity index (χ0v) is 19.2. The van der Waals surface area contributed by atoms with Crippen LogP contribution in [0.2, 0.25) is 5.02 Å². The van der Waals surface area contributed by atoms with Crippen molar-refractivity contribution < 1.29 is 4.79 Å². The first-order chi connectivity index (χ1) is 16.0. The van der Waals surface area contributed by atoms with E-state index in [-0.39, 0.29) is 6.04 Å². The molecule has 0 radical (unpaired) electrons. The summed E-state index contributed by atoms with van der Waals surface area (Å²) in [6.07, 6.45) is 6.12. The van der Waals surface area contributed by atoms with Crippen molar-refractivity contribution in [2.24, 2.45) is 4.99 Å². The van der Waals surface area contributed by atoms with E-state index in [0.29, 0.717) is 18.0 Å². The van der Waals surface area contributed by atoms with Crippen LogP contribution >= 0.6 is 11.6 Å². The summed E-state index contributed by atoms with van der Waals surface area (Å²) in [5, 5.41) is 13.9. The molecule has 8 heteroatoms. The molecule has 1 aliphatic heterocycles. The molecule has 0 saturated carbocycles. The maximum atomic E-state index is 10.6. The summed E-state index contributed by atoms with van der Waals surface area (Å²) in [4.78, 5) is 15.7. The quantitative estimate of drug-likeness (QED) is 0.301. The molecule has 2 aromatic carbocycles. The Morgan fingerprint density at radius 2 is 1.85 bits per heavy atom. The number of benzene rings is 2. The highest BCUT2D eigenvalue weighted by molar-refractivity contribution is 6.30. The molecular formula is C25H23ClN6O. The summed E-state index contributed by atoms with van der Waals surface area (Å²) in [7, 11) is 0. The Hall–Kier alpha value is -3.58. The van der Waals surface area contributed by atoms with Crippen molar-refractivity contribution in [3.63, 3.8) is 0 Å². The highest BCUT2D eigenvalue weighted by Crippen LogP contribution is 2.33. The Balaban J connectivity index is 1.64. The molecule has 0 N–H and O–H groups in total. The number of fused-ring (bicyclic) bond motifs is 3. The van der Waals surface area contributed by atoms with Crippen LogP contribution in [0.4, 0.5) is 0 Å². The SMILES string of the molecule is Cc1nnc2n1-c1ccc(-c3cnn(CCCC=O)c3)cc1C(c1ccc(Cl)cc1)=N[C@H]2C. The van der Waals surface area contributed by atoms with E-state index in [2.05, 4.69) is 38.1 Å². The molecule has 0 spiro atoms. The van der Waals surface area contributed by atoms with Crippen LogP contribution in [0.3, 0.4) is 0 Å². The summed E-state index contributed by atoms with van der Waals surface area (Å²) in [6, 6.07) is 13.9. The first-order valence-electron chi connectivity index (χ1n) is 10.9. The molecule has 33 heavy (non-hydrogen) atoms. The van der Waals surface area contributed by atoms with Crippen molar-refractivity contribution in [1.82, 2.24) is 24.5 Å². The molecule has 1 aliphatic rings. The number of aliphatic imine (C=N–C) groups is 1. The van der Waals surface area contributed by atoms with E-state index >= 15 is 0 Å². The third kappa shape index (κ3) is 4.00. The van der Waals surface area contributed by atoms with Crippen molar-refractivity contribution in [2.45, 2.75) is 39.3 Å². The number of aromatic nitrogens is 5. The van der Waals surface area contributed by atoms with Crippen LogP contribution in [0.5, 0.6) is 0 Å². The van der Waals surface area contributed by atoms with E-state index in [1.807, 2.05) is 55.2 Å². The largest absolute Gasteiger partial charge is 0.303 e. The fraction of sp³-hybridized carbons (Fsp3) is 0.240. The fourth-order valence-corrected chi connectivity index (χ4v) is 4.30. The van der Waals surface area contributed by atoms with Crippen LogP contribution < -0.4 is 0 Å². The number of carbonyl (C=O) groups excluding carboxylic acids is 1. The molecule has 7 nitrogen and oxygen atoms in total. The molecule has 0 aliphatic carbocycles. The van der Waals surface area contributed by atoms with E-state index < -0.39 is 0 Å². The van der Waals surface area contributed by atoms with Crippen molar-refractivity contribution in [1.29, 1.82) is 0 Å². The third-order valence-corrected chi connectivity index (χ3v) is 6.08. The lowest BCUT2D eigenvalue weighted by Crippen LogP contribution is -2.08. The van der Waals surface area contributed by atoms with Gasteiger partial charge in [-0.1, -0.05) is 29.8 Å². The molecule has 0 fully saturated rings. The Labute approximate surface area is 196 Å². The van der Waals surface area contributed by atoms with E-state index in [1.54, 1.807) is 0 Å². The minimum Gasteiger partial charge on any atom is -0.303 e. The van der Waals surface area contributed by atoms with Crippen molar-refractivity contribution >= 4 is 23.6 Å². The average Bonchev–Trinajstić information content (AvgIpc) is 3.42. The lowest BCUT2D eigenvalue weighted by atomic mass is 9.96. The van der Waals surface area contributed by atoms with E-state index in [0.717, 1.165) is 58.0 Å². The zero-order chi connectivity index (χ0) is 22.9. The average molecular weight is 459 g/mol. The van der Waals surface area contributed by atoms with Crippen LogP contribution in [-0.4, -0.2) is 36.5 Å². The number of halogens is 1. The summed E-state index contributed by atoms with van der Waals surface area (Å²) < 4.78 is 3.96. The first kappa shape index (κ1) is 21.3. The van der Waals surface area contributed by atoms with E-state index in [9.17, 15) is 4.79 Å². The number of aldehydes is 1. The molecule has 1 atom stereocenters. The first-order valence-corrected chi connectivity index (χ1v) is 11.3. The fourth-order valence-electron chi connectivity index (χ4n) is 4.18. The Kier molecular flexibility index (Phi) is 5.64. The second-order valence-corrected chi connectivity index (χ2v) is 8.57. The summed E-state index contributed by atoms with van der Waals surface area (Å²) in [5.74, 6) is 1.63. The van der Waals surface area contributed by atoms with Gasteiger partial charge in [-0.2, -0.15) is 5.10 Å². The number of hydrogen-bond acceptors (Lipinski definition) is 5. The molecular weight excluding hydrogens is 436 g/mol. The van der Waals surface area contributed by atoms with Crippen molar-refractivity contribution in [3.8, 4) is 16.8 Å². The maximum absolute atomic E-state index is 10.6. The highest BCUT2D eigenvalue weighted by Gasteiger charge is 2.26. The van der Waals surface area contributed by atoms with Crippen LogP contribution in [-0.2, 0) is 11.3 Å². The number of carbonyl (C=O) groups is 1. The molecule has 0 unspecified atom stereocenters. The van der Waals surface area contributed by atoms with Crippen LogP contribution in [0, 0.1) is 6.92 Å². The minimum atomic E-state index is -0.159. The van der Waals surface area contributed by atoms with Crippen LogP contribution in [0.25, 0.3) is 16.8 Å². The minimum absolute atomic E-state index is 0.159. The molecule has 0 saturated heterocycles. The zero-order valence-electron chi connectivity index (χ0n) is 18.4. The molecule has 2 aromatic heterocycles. The monoisotopic (exact) mass is 458 g/mol. The summed E-state index contributed by atoms with van der Waals surface area (Å²) in [5.41, 5.74) is 5.92. The predicted molar refractivity (Wildman–Crippen MR) is 128 cm³/mol. The number of hydrogen-bond donors (Lipinski definition) is 0. The van der Waals surface area contributed by atoms with E-state index in [4.69, 9.17) is 16.6 Å². The van der Waals surface area contributed by atoms with Gasteiger partial charge in [-0.25, -0.2) is 0 Å². The van der Waals surface area contributed by atoms with Crippen LogP contribution in [0.1, 0.15) is 48.6 Å². The summed E-state index contributed by atoms with van der Waals surface area (Å²) in [6.45, 7) is 4.70. The van der Waals surface area contributed by atoms with Gasteiger partial charge in [0.1, 0.15) is 18.2 Å². The molecule has 5 rings (SSSR count). The Morgan fingerprint density at radius 3 is 2.64 bits per heavy atom. The lowest BCUT2D eigenvalue weighted by molar-refractivity contribution is -0.107. The van der Waals surface area contributed by atoms with E-state index in [1.165, 1.54) is 0 Å². The van der Waals surface area contributed by atoms with Gasteiger partial charge in [-0.15, -0.1) is 10.2 Å². The second kappa shape index (κ2) is 8.75. The number of nitrogens with zero attached hydrogens (tertiary/aromatic N) is 6. The number of unbranched alkanes of at least 4 members (excludes halogenated alkanes) is 1. The molecule has 0 bridgehead atoms. The smallest absolute Gasteiger partial charge is 0.162 e. The molecule has 166 valence electrons. The van der Waals surface area contributed by atoms with Crippen LogP contribution in [0.15, 0.2) is 59.9 Å². The maximum Gasteiger partial charge on any atom is 0.162 e. The topological polar surface area (TPSA) is 78.0 Å². The number of rotatable bonds is 6. The Morgan fingerprint density at radius 1 is 1.06 bits per heavy atom. The summed E-state index contributed by atoms with van der Waals surface area (Å²) >= 11 is 6.15.